The largest absolute Gasteiger partial charge is 0.469 e. The number of benzene rings is 1. The monoisotopic (exact) mass is 332 g/mol. The van der Waals surface area contributed by atoms with Crippen LogP contribution in [0.15, 0.2) is 24.3 Å². The van der Waals surface area contributed by atoms with E-state index in [-0.39, 0.29) is 23.8 Å². The van der Waals surface area contributed by atoms with Crippen molar-refractivity contribution in [1.29, 1.82) is 0 Å². The number of para-hydroxylation sites is 1. The molecule has 1 aliphatic carbocycles. The molecule has 3 rings (SSSR count). The Morgan fingerprint density at radius 2 is 2.17 bits per heavy atom. The first kappa shape index (κ1) is 15.9. The van der Waals surface area contributed by atoms with Crippen molar-refractivity contribution in [3.8, 4) is 0 Å². The van der Waals surface area contributed by atoms with Crippen molar-refractivity contribution in [1.82, 2.24) is 10.3 Å². The van der Waals surface area contributed by atoms with Crippen molar-refractivity contribution in [3.05, 3.63) is 29.3 Å². The first-order valence-electron chi connectivity index (χ1n) is 7.87. The molecule has 0 unspecified atom stereocenters. The smallest absolute Gasteiger partial charge is 0.308 e. The molecule has 23 heavy (non-hydrogen) atoms. The van der Waals surface area contributed by atoms with E-state index in [1.165, 1.54) is 7.11 Å². The summed E-state index contributed by atoms with van der Waals surface area (Å²) in [5.74, 6) is -0.217. The van der Waals surface area contributed by atoms with Gasteiger partial charge in [-0.1, -0.05) is 12.1 Å². The van der Waals surface area contributed by atoms with Gasteiger partial charge in [0.05, 0.1) is 28.3 Å². The lowest BCUT2D eigenvalue weighted by molar-refractivity contribution is -0.145. The number of methoxy groups -OCH3 is 1. The Kier molecular flexibility index (Phi) is 4.91. The highest BCUT2D eigenvalue weighted by Gasteiger charge is 2.31. The van der Waals surface area contributed by atoms with Crippen LogP contribution < -0.4 is 5.32 Å². The number of hydrogen-bond donors (Lipinski definition) is 1. The van der Waals surface area contributed by atoms with Gasteiger partial charge in [-0.15, -0.1) is 11.3 Å². The normalized spacial score (nSPS) is 20.6. The molecule has 0 saturated heterocycles. The number of hydrogen-bond acceptors (Lipinski definition) is 5. The molecule has 122 valence electrons. The maximum absolute atomic E-state index is 12.1. The number of thiazole rings is 1. The second-order valence-electron chi connectivity index (χ2n) is 5.87. The SMILES string of the molecule is COC(=O)[C@H]1CC[C@@H](NC(=O)CCc2nc3ccccc3s2)C1. The van der Waals surface area contributed by atoms with Crippen LogP contribution in [0.2, 0.25) is 0 Å². The molecule has 5 nitrogen and oxygen atoms in total. The average Bonchev–Trinajstić information content (AvgIpc) is 3.18. The average molecular weight is 332 g/mol. The number of amides is 1. The lowest BCUT2D eigenvalue weighted by Gasteiger charge is -2.12. The first-order chi connectivity index (χ1) is 11.2. The van der Waals surface area contributed by atoms with Gasteiger partial charge in [0.15, 0.2) is 0 Å². The van der Waals surface area contributed by atoms with E-state index in [9.17, 15) is 9.59 Å². The Bertz CT molecular complexity index is 680. The lowest BCUT2D eigenvalue weighted by atomic mass is 10.1. The topological polar surface area (TPSA) is 68.3 Å². The summed E-state index contributed by atoms with van der Waals surface area (Å²) >= 11 is 1.64. The number of carbonyl (C=O) groups excluding carboxylic acids is 2. The van der Waals surface area contributed by atoms with Gasteiger partial charge in [0, 0.05) is 18.9 Å². The summed E-state index contributed by atoms with van der Waals surface area (Å²) in [5, 5.41) is 4.01. The Balaban J connectivity index is 1.47. The van der Waals surface area contributed by atoms with E-state index in [0.717, 1.165) is 28.1 Å². The van der Waals surface area contributed by atoms with Crippen LogP contribution in [0.1, 0.15) is 30.7 Å². The molecule has 1 saturated carbocycles. The predicted octanol–water partition coefficient (Wildman–Crippen LogP) is 2.69. The minimum Gasteiger partial charge on any atom is -0.469 e. The Morgan fingerprint density at radius 3 is 2.96 bits per heavy atom. The van der Waals surface area contributed by atoms with Crippen LogP contribution in [0.4, 0.5) is 0 Å². The molecule has 1 heterocycles. The highest BCUT2D eigenvalue weighted by molar-refractivity contribution is 7.18. The van der Waals surface area contributed by atoms with E-state index in [1.807, 2.05) is 24.3 Å². The number of aromatic nitrogens is 1. The summed E-state index contributed by atoms with van der Waals surface area (Å²) in [6.07, 6.45) is 3.39. The van der Waals surface area contributed by atoms with Gasteiger partial charge in [0.1, 0.15) is 0 Å². The first-order valence-corrected chi connectivity index (χ1v) is 8.69. The van der Waals surface area contributed by atoms with Gasteiger partial charge in [0.2, 0.25) is 5.91 Å². The number of nitrogens with one attached hydrogen (secondary N) is 1. The van der Waals surface area contributed by atoms with Crippen molar-refractivity contribution < 1.29 is 14.3 Å². The minimum atomic E-state index is -0.170. The summed E-state index contributed by atoms with van der Waals surface area (Å²) in [5.41, 5.74) is 0.990. The van der Waals surface area contributed by atoms with Gasteiger partial charge in [-0.05, 0) is 31.4 Å². The van der Waals surface area contributed by atoms with Crippen molar-refractivity contribution in [2.45, 2.75) is 38.1 Å². The maximum Gasteiger partial charge on any atom is 0.308 e. The number of fused-ring (bicyclic) bond motifs is 1. The molecular weight excluding hydrogens is 312 g/mol. The zero-order valence-electron chi connectivity index (χ0n) is 13.1. The lowest BCUT2D eigenvalue weighted by Crippen LogP contribution is -2.33. The molecule has 1 N–H and O–H groups in total. The molecule has 0 aliphatic heterocycles. The zero-order valence-corrected chi connectivity index (χ0v) is 13.9. The van der Waals surface area contributed by atoms with Gasteiger partial charge in [0.25, 0.3) is 0 Å². The van der Waals surface area contributed by atoms with E-state index in [0.29, 0.717) is 19.3 Å². The molecule has 0 spiro atoms. The summed E-state index contributed by atoms with van der Waals surface area (Å²) in [6, 6.07) is 8.08. The minimum absolute atomic E-state index is 0.0276. The quantitative estimate of drug-likeness (QED) is 0.855. The molecule has 0 radical (unpaired) electrons. The van der Waals surface area contributed by atoms with E-state index < -0.39 is 0 Å². The van der Waals surface area contributed by atoms with Crippen LogP contribution in [0.3, 0.4) is 0 Å². The fourth-order valence-corrected chi connectivity index (χ4v) is 4.01. The highest BCUT2D eigenvalue weighted by Crippen LogP contribution is 2.27. The molecular formula is C17H20N2O3S. The fraction of sp³-hybridized carbons (Fsp3) is 0.471. The third-order valence-corrected chi connectivity index (χ3v) is 5.33. The van der Waals surface area contributed by atoms with E-state index in [2.05, 4.69) is 10.3 Å². The second-order valence-corrected chi connectivity index (χ2v) is 6.99. The van der Waals surface area contributed by atoms with E-state index in [1.54, 1.807) is 11.3 Å². The van der Waals surface area contributed by atoms with Crippen molar-refractivity contribution in [3.63, 3.8) is 0 Å². The van der Waals surface area contributed by atoms with Gasteiger partial charge in [-0.2, -0.15) is 0 Å². The third kappa shape index (κ3) is 3.88. The van der Waals surface area contributed by atoms with Crippen LogP contribution in [0.5, 0.6) is 0 Å². The number of rotatable bonds is 5. The van der Waals surface area contributed by atoms with Gasteiger partial charge >= 0.3 is 5.97 Å². The summed E-state index contributed by atoms with van der Waals surface area (Å²) < 4.78 is 5.92. The zero-order chi connectivity index (χ0) is 16.2. The summed E-state index contributed by atoms with van der Waals surface area (Å²) in [6.45, 7) is 0. The molecule has 6 heteroatoms. The Hall–Kier alpha value is -1.95. The molecule has 1 aromatic heterocycles. The van der Waals surface area contributed by atoms with Gasteiger partial charge in [-0.3, -0.25) is 9.59 Å². The molecule has 1 aliphatic rings. The fourth-order valence-electron chi connectivity index (χ4n) is 3.04. The highest BCUT2D eigenvalue weighted by atomic mass is 32.1. The summed E-state index contributed by atoms with van der Waals surface area (Å²) in [4.78, 5) is 28.1. The molecule has 1 fully saturated rings. The number of carbonyl (C=O) groups is 2. The molecule has 2 atom stereocenters. The van der Waals surface area contributed by atoms with Crippen LogP contribution in [-0.4, -0.2) is 30.0 Å². The molecule has 1 aromatic carbocycles. The molecule has 0 bridgehead atoms. The standard InChI is InChI=1S/C17H20N2O3S/c1-22-17(21)11-6-7-12(10-11)18-15(20)8-9-16-19-13-4-2-3-5-14(13)23-16/h2-5,11-12H,6-10H2,1H3,(H,18,20)/t11-,12+/m0/s1. The Labute approximate surface area is 139 Å². The van der Waals surface area contributed by atoms with E-state index in [4.69, 9.17) is 4.74 Å². The summed E-state index contributed by atoms with van der Waals surface area (Å²) in [7, 11) is 1.41. The number of nitrogens with zero attached hydrogens (tertiary/aromatic N) is 1. The van der Waals surface area contributed by atoms with Crippen LogP contribution in [-0.2, 0) is 20.7 Å². The second kappa shape index (κ2) is 7.08. The van der Waals surface area contributed by atoms with Gasteiger partial charge < -0.3 is 10.1 Å². The van der Waals surface area contributed by atoms with Gasteiger partial charge in [-0.25, -0.2) is 4.98 Å². The van der Waals surface area contributed by atoms with Crippen LogP contribution >= 0.6 is 11.3 Å². The third-order valence-electron chi connectivity index (χ3n) is 4.24. The molecule has 1 amide bonds. The van der Waals surface area contributed by atoms with Crippen LogP contribution in [0.25, 0.3) is 10.2 Å². The predicted molar refractivity (Wildman–Crippen MR) is 89.2 cm³/mol. The Morgan fingerprint density at radius 1 is 1.35 bits per heavy atom. The van der Waals surface area contributed by atoms with Crippen molar-refractivity contribution in [2.75, 3.05) is 7.11 Å². The maximum atomic E-state index is 12.1. The van der Waals surface area contributed by atoms with Crippen molar-refractivity contribution in [2.24, 2.45) is 5.92 Å². The van der Waals surface area contributed by atoms with E-state index >= 15 is 0 Å². The van der Waals surface area contributed by atoms with Crippen LogP contribution in [0, 0.1) is 5.92 Å². The molecule has 2 aromatic rings. The number of ether oxygens (including phenoxy) is 1. The number of esters is 1. The number of aryl methyl sites for hydroxylation is 1. The van der Waals surface area contributed by atoms with Crippen molar-refractivity contribution >= 4 is 33.4 Å².